The number of hydrazone groups is 1. The smallest absolute Gasteiger partial charge is 0.311 e. The number of aryl methyl sites for hydroxylation is 1. The summed E-state index contributed by atoms with van der Waals surface area (Å²) >= 11 is 0. The third kappa shape index (κ3) is 5.31. The van der Waals surface area contributed by atoms with Gasteiger partial charge in [0.2, 0.25) is 0 Å². The molecule has 0 aliphatic heterocycles. The number of ether oxygens (including phenoxy) is 2. The van der Waals surface area contributed by atoms with Crippen molar-refractivity contribution in [1.82, 2.24) is 5.43 Å². The van der Waals surface area contributed by atoms with Crippen LogP contribution in [0.2, 0.25) is 0 Å². The van der Waals surface area contributed by atoms with E-state index in [1.54, 1.807) is 18.2 Å². The van der Waals surface area contributed by atoms with E-state index in [1.165, 1.54) is 25.5 Å². The maximum atomic E-state index is 11.7. The topological polar surface area (TPSA) is 103 Å². The summed E-state index contributed by atoms with van der Waals surface area (Å²) < 4.78 is 10.2. The molecule has 0 fully saturated rings. The summed E-state index contributed by atoms with van der Waals surface area (Å²) in [5.41, 5.74) is 3.66. The maximum absolute atomic E-state index is 11.7. The van der Waals surface area contributed by atoms with Crippen molar-refractivity contribution in [2.75, 3.05) is 13.7 Å². The molecule has 130 valence electrons. The van der Waals surface area contributed by atoms with Crippen molar-refractivity contribution in [3.63, 3.8) is 0 Å². The number of nitro benzene ring substituents is 1. The fourth-order valence-electron chi connectivity index (χ4n) is 1.92. The molecule has 1 N–H and O–H groups in total. The zero-order valence-corrected chi connectivity index (χ0v) is 13.8. The molecule has 0 unspecified atom stereocenters. The van der Waals surface area contributed by atoms with Crippen LogP contribution in [-0.4, -0.2) is 30.8 Å². The van der Waals surface area contributed by atoms with Crippen LogP contribution in [-0.2, 0) is 4.79 Å². The lowest BCUT2D eigenvalue weighted by atomic mass is 10.2. The summed E-state index contributed by atoms with van der Waals surface area (Å²) in [7, 11) is 1.35. The van der Waals surface area contributed by atoms with E-state index in [1.807, 2.05) is 19.1 Å². The first-order chi connectivity index (χ1) is 12.0. The van der Waals surface area contributed by atoms with Gasteiger partial charge in [0.1, 0.15) is 5.75 Å². The SMILES string of the molecule is COc1ccc(/C=N\NC(=O)COc2ccc(C)cc2)cc1[N+](=O)[O-]. The summed E-state index contributed by atoms with van der Waals surface area (Å²) in [6.07, 6.45) is 1.30. The van der Waals surface area contributed by atoms with Gasteiger partial charge in [0.25, 0.3) is 5.91 Å². The quantitative estimate of drug-likeness (QED) is 0.472. The number of carbonyl (C=O) groups excluding carboxylic acids is 1. The van der Waals surface area contributed by atoms with Crippen LogP contribution in [0.1, 0.15) is 11.1 Å². The van der Waals surface area contributed by atoms with Crippen molar-refractivity contribution in [3.05, 3.63) is 63.7 Å². The highest BCUT2D eigenvalue weighted by Crippen LogP contribution is 2.26. The Balaban J connectivity index is 1.89. The van der Waals surface area contributed by atoms with Gasteiger partial charge in [-0.2, -0.15) is 5.10 Å². The molecular weight excluding hydrogens is 326 g/mol. The van der Waals surface area contributed by atoms with Crippen LogP contribution in [0.25, 0.3) is 0 Å². The Labute approximate surface area is 144 Å². The number of hydrogen-bond donors (Lipinski definition) is 1. The van der Waals surface area contributed by atoms with Gasteiger partial charge in [0.15, 0.2) is 12.4 Å². The second-order valence-electron chi connectivity index (χ2n) is 5.08. The summed E-state index contributed by atoms with van der Waals surface area (Å²) in [5.74, 6) is 0.285. The van der Waals surface area contributed by atoms with Crippen LogP contribution < -0.4 is 14.9 Å². The van der Waals surface area contributed by atoms with E-state index in [-0.39, 0.29) is 18.0 Å². The summed E-state index contributed by atoms with van der Waals surface area (Å²) in [4.78, 5) is 22.1. The Kier molecular flexibility index (Phi) is 6.05. The van der Waals surface area contributed by atoms with Gasteiger partial charge in [-0.1, -0.05) is 17.7 Å². The number of rotatable bonds is 7. The van der Waals surface area contributed by atoms with Gasteiger partial charge in [-0.15, -0.1) is 0 Å². The molecule has 0 saturated carbocycles. The number of nitrogens with zero attached hydrogens (tertiary/aromatic N) is 2. The third-order valence-electron chi connectivity index (χ3n) is 3.19. The molecule has 25 heavy (non-hydrogen) atoms. The van der Waals surface area contributed by atoms with Crippen molar-refractivity contribution in [2.24, 2.45) is 5.10 Å². The third-order valence-corrected chi connectivity index (χ3v) is 3.19. The largest absolute Gasteiger partial charge is 0.490 e. The molecule has 2 aromatic rings. The lowest BCUT2D eigenvalue weighted by Gasteiger charge is -2.05. The minimum absolute atomic E-state index is 0.151. The van der Waals surface area contributed by atoms with Gasteiger partial charge in [-0.3, -0.25) is 14.9 Å². The normalized spacial score (nSPS) is 10.5. The summed E-state index contributed by atoms with van der Waals surface area (Å²) in [5, 5.41) is 14.7. The molecular formula is C17H17N3O5. The Hall–Kier alpha value is -3.42. The molecule has 8 heteroatoms. The molecule has 0 spiro atoms. The van der Waals surface area contributed by atoms with E-state index in [2.05, 4.69) is 10.5 Å². The Morgan fingerprint density at radius 3 is 2.64 bits per heavy atom. The van der Waals surface area contributed by atoms with Gasteiger partial charge in [-0.05, 0) is 31.2 Å². The highest BCUT2D eigenvalue weighted by atomic mass is 16.6. The van der Waals surface area contributed by atoms with Crippen molar-refractivity contribution in [3.8, 4) is 11.5 Å². The monoisotopic (exact) mass is 343 g/mol. The van der Waals surface area contributed by atoms with Gasteiger partial charge >= 0.3 is 5.69 Å². The lowest BCUT2D eigenvalue weighted by molar-refractivity contribution is -0.385. The Morgan fingerprint density at radius 2 is 2.00 bits per heavy atom. The molecule has 8 nitrogen and oxygen atoms in total. The molecule has 0 aliphatic rings. The van der Waals surface area contributed by atoms with Crippen molar-refractivity contribution in [1.29, 1.82) is 0 Å². The zero-order chi connectivity index (χ0) is 18.2. The molecule has 0 aromatic heterocycles. The molecule has 0 aliphatic carbocycles. The molecule has 1 amide bonds. The van der Waals surface area contributed by atoms with Gasteiger partial charge in [-0.25, -0.2) is 5.43 Å². The average molecular weight is 343 g/mol. The number of nitro groups is 1. The molecule has 0 bridgehead atoms. The molecule has 0 radical (unpaired) electrons. The zero-order valence-electron chi connectivity index (χ0n) is 13.8. The minimum atomic E-state index is -0.551. The first-order valence-electron chi connectivity index (χ1n) is 7.33. The van der Waals surface area contributed by atoms with Crippen molar-refractivity contribution in [2.45, 2.75) is 6.92 Å². The number of methoxy groups -OCH3 is 1. The van der Waals surface area contributed by atoms with Crippen molar-refractivity contribution >= 4 is 17.8 Å². The molecule has 2 rings (SSSR count). The van der Waals surface area contributed by atoms with Gasteiger partial charge in [0, 0.05) is 11.6 Å². The van der Waals surface area contributed by atoms with Crippen LogP contribution in [0, 0.1) is 17.0 Å². The van der Waals surface area contributed by atoms with E-state index >= 15 is 0 Å². The highest BCUT2D eigenvalue weighted by molar-refractivity contribution is 5.84. The van der Waals surface area contributed by atoms with Crippen LogP contribution in [0.4, 0.5) is 5.69 Å². The second kappa shape index (κ2) is 8.44. The molecule has 0 atom stereocenters. The molecule has 0 saturated heterocycles. The van der Waals surface area contributed by atoms with Gasteiger partial charge in [0.05, 0.1) is 18.2 Å². The maximum Gasteiger partial charge on any atom is 0.311 e. The standard InChI is InChI=1S/C17H17N3O5/c1-12-3-6-14(7-4-12)25-11-17(21)19-18-10-13-5-8-16(24-2)15(9-13)20(22)23/h3-10H,11H2,1-2H3,(H,19,21)/b18-10-. The first-order valence-corrected chi connectivity index (χ1v) is 7.33. The number of benzene rings is 2. The Morgan fingerprint density at radius 1 is 1.28 bits per heavy atom. The van der Waals surface area contributed by atoms with E-state index in [9.17, 15) is 14.9 Å². The summed E-state index contributed by atoms with van der Waals surface area (Å²) in [6.45, 7) is 1.76. The van der Waals surface area contributed by atoms with Crippen LogP contribution >= 0.6 is 0 Å². The van der Waals surface area contributed by atoms with E-state index < -0.39 is 10.8 Å². The van der Waals surface area contributed by atoms with E-state index in [0.29, 0.717) is 11.3 Å². The first kappa shape index (κ1) is 17.9. The second-order valence-corrected chi connectivity index (χ2v) is 5.08. The molecule has 2 aromatic carbocycles. The van der Waals surface area contributed by atoms with E-state index in [4.69, 9.17) is 9.47 Å². The van der Waals surface area contributed by atoms with Crippen molar-refractivity contribution < 1.29 is 19.2 Å². The highest BCUT2D eigenvalue weighted by Gasteiger charge is 2.14. The van der Waals surface area contributed by atoms with Crippen LogP contribution in [0.15, 0.2) is 47.6 Å². The fraction of sp³-hybridized carbons (Fsp3) is 0.176. The predicted octanol–water partition coefficient (Wildman–Crippen LogP) is 2.44. The molecule has 0 heterocycles. The average Bonchev–Trinajstić information content (AvgIpc) is 2.61. The lowest BCUT2D eigenvalue weighted by Crippen LogP contribution is -2.24. The number of amides is 1. The fourth-order valence-corrected chi connectivity index (χ4v) is 1.92. The number of carbonyl (C=O) groups is 1. The number of nitrogens with one attached hydrogen (secondary N) is 1. The summed E-state index contributed by atoms with van der Waals surface area (Å²) in [6, 6.07) is 11.6. The van der Waals surface area contributed by atoms with Crippen LogP contribution in [0.3, 0.4) is 0 Å². The van der Waals surface area contributed by atoms with E-state index in [0.717, 1.165) is 5.56 Å². The predicted molar refractivity (Wildman–Crippen MR) is 92.1 cm³/mol. The van der Waals surface area contributed by atoms with Gasteiger partial charge < -0.3 is 9.47 Å². The minimum Gasteiger partial charge on any atom is -0.490 e. The van der Waals surface area contributed by atoms with Crippen LogP contribution in [0.5, 0.6) is 11.5 Å². The number of hydrogen-bond acceptors (Lipinski definition) is 6. The Bertz CT molecular complexity index is 787.